The van der Waals surface area contributed by atoms with Crippen LogP contribution < -0.4 is 9.44 Å². The second kappa shape index (κ2) is 8.58. The van der Waals surface area contributed by atoms with Gasteiger partial charge in [-0.2, -0.15) is 0 Å². The Morgan fingerprint density at radius 2 is 1.72 bits per heavy atom. The largest absolute Gasteiger partial charge is 0.379 e. The van der Waals surface area contributed by atoms with Crippen LogP contribution in [0.5, 0.6) is 0 Å². The fraction of sp³-hybridized carbons (Fsp3) is 0.571. The van der Waals surface area contributed by atoms with Crippen molar-refractivity contribution in [2.24, 2.45) is 0 Å². The number of thioether (sulfide) groups is 1. The molecular weight excluding hydrogens is 386 g/mol. The van der Waals surface area contributed by atoms with Crippen LogP contribution in [0.3, 0.4) is 0 Å². The van der Waals surface area contributed by atoms with Crippen molar-refractivity contribution in [3.8, 4) is 0 Å². The van der Waals surface area contributed by atoms with E-state index in [9.17, 15) is 16.8 Å². The second-order valence-electron chi connectivity index (χ2n) is 5.76. The van der Waals surface area contributed by atoms with Crippen LogP contribution in [0.4, 0.5) is 11.4 Å². The van der Waals surface area contributed by atoms with E-state index in [1.165, 1.54) is 17.8 Å². The number of rotatable bonds is 8. The third-order valence-corrected chi connectivity index (χ3v) is 5.58. The summed E-state index contributed by atoms with van der Waals surface area (Å²) in [5.74, 6) is 0.751. The third-order valence-electron chi connectivity index (χ3n) is 3.35. The molecule has 0 atom stereocenters. The highest BCUT2D eigenvalue weighted by Gasteiger charge is 2.13. The number of nitrogens with one attached hydrogen (secondary N) is 2. The van der Waals surface area contributed by atoms with Crippen LogP contribution in [0, 0.1) is 0 Å². The Bertz CT molecular complexity index is 790. The molecule has 1 fully saturated rings. The van der Waals surface area contributed by atoms with Crippen LogP contribution in [0.1, 0.15) is 0 Å². The molecule has 2 N–H and O–H groups in total. The normalized spacial score (nSPS) is 16.6. The van der Waals surface area contributed by atoms with E-state index in [0.717, 1.165) is 51.1 Å². The summed E-state index contributed by atoms with van der Waals surface area (Å²) < 4.78 is 56.0. The lowest BCUT2D eigenvalue weighted by Crippen LogP contribution is -2.37. The fourth-order valence-electron chi connectivity index (χ4n) is 2.31. The number of hydrogen-bond acceptors (Lipinski definition) is 7. The van der Waals surface area contributed by atoms with Crippen molar-refractivity contribution in [3.63, 3.8) is 0 Å². The van der Waals surface area contributed by atoms with Gasteiger partial charge >= 0.3 is 0 Å². The molecule has 25 heavy (non-hydrogen) atoms. The Labute approximate surface area is 153 Å². The monoisotopic (exact) mass is 409 g/mol. The van der Waals surface area contributed by atoms with E-state index in [1.807, 2.05) is 0 Å². The molecule has 11 heteroatoms. The smallest absolute Gasteiger partial charge is 0.229 e. The van der Waals surface area contributed by atoms with Gasteiger partial charge in [-0.3, -0.25) is 14.3 Å². The summed E-state index contributed by atoms with van der Waals surface area (Å²) in [6.45, 7) is 4.05. The van der Waals surface area contributed by atoms with E-state index in [1.54, 1.807) is 12.1 Å². The number of hydrogen-bond donors (Lipinski definition) is 2. The van der Waals surface area contributed by atoms with Gasteiger partial charge in [-0.1, -0.05) is 0 Å². The molecule has 1 aromatic rings. The van der Waals surface area contributed by atoms with Crippen molar-refractivity contribution in [1.29, 1.82) is 0 Å². The molecule has 1 aromatic carbocycles. The number of nitrogens with zero attached hydrogens (tertiary/aromatic N) is 1. The highest BCUT2D eigenvalue weighted by Crippen LogP contribution is 2.31. The van der Waals surface area contributed by atoms with E-state index in [4.69, 9.17) is 4.74 Å². The highest BCUT2D eigenvalue weighted by molar-refractivity contribution is 7.99. The van der Waals surface area contributed by atoms with E-state index < -0.39 is 20.0 Å². The molecule has 0 spiro atoms. The van der Waals surface area contributed by atoms with Crippen LogP contribution in [-0.2, 0) is 24.8 Å². The summed E-state index contributed by atoms with van der Waals surface area (Å²) in [7, 11) is -6.82. The number of morpholine rings is 1. The molecule has 1 heterocycles. The van der Waals surface area contributed by atoms with Gasteiger partial charge in [0.25, 0.3) is 0 Å². The first-order valence-corrected chi connectivity index (χ1v) is 12.4. The van der Waals surface area contributed by atoms with Gasteiger partial charge in [0.1, 0.15) is 0 Å². The van der Waals surface area contributed by atoms with Gasteiger partial charge in [-0.25, -0.2) is 16.8 Å². The number of sulfonamides is 2. The molecule has 1 saturated heterocycles. The van der Waals surface area contributed by atoms with Gasteiger partial charge in [0.15, 0.2) is 0 Å². The Morgan fingerprint density at radius 1 is 1.08 bits per heavy atom. The van der Waals surface area contributed by atoms with Crippen molar-refractivity contribution in [3.05, 3.63) is 18.2 Å². The van der Waals surface area contributed by atoms with E-state index in [-0.39, 0.29) is 0 Å². The average Bonchev–Trinajstić information content (AvgIpc) is 2.48. The highest BCUT2D eigenvalue weighted by atomic mass is 32.2. The van der Waals surface area contributed by atoms with E-state index in [0.29, 0.717) is 16.3 Å². The molecule has 0 bridgehead atoms. The average molecular weight is 410 g/mol. The zero-order valence-corrected chi connectivity index (χ0v) is 16.6. The predicted octanol–water partition coefficient (Wildman–Crippen LogP) is 0.854. The van der Waals surface area contributed by atoms with Gasteiger partial charge in [-0.05, 0) is 18.2 Å². The molecular formula is C14H23N3O5S3. The third kappa shape index (κ3) is 7.82. The number of benzene rings is 1. The maximum absolute atomic E-state index is 11.5. The minimum Gasteiger partial charge on any atom is -0.379 e. The van der Waals surface area contributed by atoms with Crippen molar-refractivity contribution in [1.82, 2.24) is 4.90 Å². The Morgan fingerprint density at radius 3 is 2.32 bits per heavy atom. The molecule has 142 valence electrons. The molecule has 1 aliphatic heterocycles. The van der Waals surface area contributed by atoms with Crippen LogP contribution in [-0.4, -0.2) is 72.8 Å². The molecule has 0 amide bonds. The zero-order valence-electron chi connectivity index (χ0n) is 14.2. The van der Waals surface area contributed by atoms with Gasteiger partial charge in [0, 0.05) is 36.0 Å². The number of ether oxygens (including phenoxy) is 1. The maximum Gasteiger partial charge on any atom is 0.229 e. The summed E-state index contributed by atoms with van der Waals surface area (Å²) in [6.07, 6.45) is 2.15. The minimum absolute atomic E-state index is 0.399. The maximum atomic E-state index is 11.5. The first-order chi connectivity index (χ1) is 11.6. The number of anilines is 2. The molecule has 0 radical (unpaired) electrons. The van der Waals surface area contributed by atoms with Gasteiger partial charge in [-0.15, -0.1) is 11.8 Å². The second-order valence-corrected chi connectivity index (χ2v) is 10.4. The summed E-state index contributed by atoms with van der Waals surface area (Å²) in [5, 5.41) is 0. The summed E-state index contributed by atoms with van der Waals surface area (Å²) in [4.78, 5) is 2.95. The molecule has 2 rings (SSSR count). The molecule has 0 aliphatic carbocycles. The van der Waals surface area contributed by atoms with Crippen LogP contribution in [0.25, 0.3) is 0 Å². The quantitative estimate of drug-likeness (QED) is 0.614. The first kappa shape index (κ1) is 20.3. The van der Waals surface area contributed by atoms with Gasteiger partial charge < -0.3 is 4.74 Å². The van der Waals surface area contributed by atoms with Crippen molar-refractivity contribution >= 4 is 43.2 Å². The van der Waals surface area contributed by atoms with Crippen LogP contribution >= 0.6 is 11.8 Å². The first-order valence-electron chi connectivity index (χ1n) is 7.65. The molecule has 0 unspecified atom stereocenters. The summed E-state index contributed by atoms with van der Waals surface area (Å²) in [6, 6.07) is 4.73. The topological polar surface area (TPSA) is 105 Å². The van der Waals surface area contributed by atoms with Crippen molar-refractivity contribution in [2.45, 2.75) is 4.90 Å². The summed E-state index contributed by atoms with van der Waals surface area (Å²) >= 11 is 1.48. The van der Waals surface area contributed by atoms with Crippen LogP contribution in [0.2, 0.25) is 0 Å². The lowest BCUT2D eigenvalue weighted by molar-refractivity contribution is 0.0410. The molecule has 0 aromatic heterocycles. The van der Waals surface area contributed by atoms with E-state index >= 15 is 0 Å². The molecule has 8 nitrogen and oxygen atoms in total. The lowest BCUT2D eigenvalue weighted by Gasteiger charge is -2.26. The lowest BCUT2D eigenvalue weighted by atomic mass is 10.3. The van der Waals surface area contributed by atoms with Crippen LogP contribution in [0.15, 0.2) is 23.1 Å². The Hall–Kier alpha value is -1.01. The minimum atomic E-state index is -3.42. The SMILES string of the molecule is CS(=O)(=O)Nc1ccc(NS(C)(=O)=O)c(SCCN2CCOCC2)c1. The molecule has 1 aliphatic rings. The summed E-state index contributed by atoms with van der Waals surface area (Å²) in [5.41, 5.74) is 0.837. The van der Waals surface area contributed by atoms with Gasteiger partial charge in [0.05, 0.1) is 31.4 Å². The standard InChI is InChI=1S/C14H23N3O5S3/c1-24(18,19)15-12-3-4-13(16-25(2,20)21)14(11-12)23-10-7-17-5-8-22-9-6-17/h3-4,11,15-16H,5-10H2,1-2H3. The molecule has 0 saturated carbocycles. The van der Waals surface area contributed by atoms with E-state index in [2.05, 4.69) is 14.3 Å². The van der Waals surface area contributed by atoms with Gasteiger partial charge in [0.2, 0.25) is 20.0 Å². The Balaban J connectivity index is 2.10. The van der Waals surface area contributed by atoms with Crippen molar-refractivity contribution in [2.75, 3.05) is 60.6 Å². The van der Waals surface area contributed by atoms with Crippen molar-refractivity contribution < 1.29 is 21.6 Å². The zero-order chi connectivity index (χ0) is 18.5. The Kier molecular flexibility index (Phi) is 6.97. The predicted molar refractivity (Wildman–Crippen MR) is 101 cm³/mol. The fourth-order valence-corrected chi connectivity index (χ4v) is 4.56.